The van der Waals surface area contributed by atoms with Crippen LogP contribution < -0.4 is 29.6 Å². The Morgan fingerprint density at radius 3 is 2.50 bits per heavy atom. The van der Waals surface area contributed by atoms with E-state index >= 15 is 0 Å². The Labute approximate surface area is 95.9 Å². The first-order valence-electron chi connectivity index (χ1n) is 3.10. The van der Waals surface area contributed by atoms with Crippen molar-refractivity contribution in [2.24, 2.45) is 0 Å². The molecule has 0 N–H and O–H groups in total. The van der Waals surface area contributed by atoms with Crippen LogP contribution in [0.1, 0.15) is 14.8 Å². The normalized spacial score (nSPS) is 9.75. The van der Waals surface area contributed by atoms with Crippen molar-refractivity contribution >= 4 is 16.1 Å². The average molecular weight is 202 g/mol. The summed E-state index contributed by atoms with van der Waals surface area (Å²) in [4.78, 5) is 10.4. The van der Waals surface area contributed by atoms with Crippen molar-refractivity contribution < 1.29 is 48.4 Å². The van der Waals surface area contributed by atoms with Crippen molar-refractivity contribution in [2.75, 3.05) is 5.75 Å². The Balaban J connectivity index is -0.000000500. The minimum absolute atomic E-state index is 0. The molecule has 12 heavy (non-hydrogen) atoms. The topological polar surface area (TPSA) is 60.4 Å². The summed E-state index contributed by atoms with van der Waals surface area (Å²) >= 11 is 0. The van der Waals surface area contributed by atoms with Crippen molar-refractivity contribution in [1.29, 1.82) is 0 Å². The van der Waals surface area contributed by atoms with Gasteiger partial charge in [-0.3, -0.25) is 0 Å². The van der Waals surface area contributed by atoms with Gasteiger partial charge in [-0.2, -0.15) is 8.42 Å². The molecule has 0 bridgehead atoms. The van der Waals surface area contributed by atoms with Gasteiger partial charge in [0.1, 0.15) is 0 Å². The van der Waals surface area contributed by atoms with E-state index < -0.39 is 16.1 Å². The van der Waals surface area contributed by atoms with E-state index in [0.717, 1.165) is 6.08 Å². The average Bonchev–Trinajstić information content (AvgIpc) is 1.86. The van der Waals surface area contributed by atoms with Gasteiger partial charge in [-0.25, -0.2) is 4.79 Å². The minimum Gasteiger partial charge on any atom is -1.00 e. The second kappa shape index (κ2) is 6.65. The van der Waals surface area contributed by atoms with Crippen molar-refractivity contribution in [3.63, 3.8) is 0 Å². The van der Waals surface area contributed by atoms with E-state index in [0.29, 0.717) is 6.42 Å². The Morgan fingerprint density at radius 1 is 1.67 bits per heavy atom. The molecule has 0 fully saturated rings. The maximum Gasteiger partial charge on any atom is 1.00 e. The molecule has 0 saturated carbocycles. The Bertz CT molecular complexity index is 249. The number of hydrogen-bond donors (Lipinski definition) is 0. The van der Waals surface area contributed by atoms with Crippen LogP contribution in [0.25, 0.3) is 0 Å². The molecule has 4 nitrogen and oxygen atoms in total. The van der Waals surface area contributed by atoms with Crippen LogP contribution in [0.2, 0.25) is 0 Å². The molecule has 0 atom stereocenters. The van der Waals surface area contributed by atoms with E-state index in [2.05, 4.69) is 10.8 Å². The third-order valence-electron chi connectivity index (χ3n) is 0.830. The number of carbonyl (C=O) groups excluding carboxylic acids is 1. The van der Waals surface area contributed by atoms with Gasteiger partial charge in [-0.15, -0.1) is 0 Å². The summed E-state index contributed by atoms with van der Waals surface area (Å²) in [5.41, 5.74) is 0. The number of carbonyl (C=O) groups is 1. The van der Waals surface area contributed by atoms with Gasteiger partial charge < -0.3 is 5.61 Å². The van der Waals surface area contributed by atoms with E-state index in [1.165, 1.54) is 0 Å². The van der Waals surface area contributed by atoms with E-state index in [-0.39, 0.29) is 36.7 Å². The molecule has 0 aromatic rings. The monoisotopic (exact) mass is 202 g/mol. The van der Waals surface area contributed by atoms with E-state index in [9.17, 15) is 13.2 Å². The largest absolute Gasteiger partial charge is 1.00 e. The van der Waals surface area contributed by atoms with Crippen LogP contribution in [0.4, 0.5) is 0 Å². The molecule has 0 radical (unpaired) electrons. The smallest absolute Gasteiger partial charge is 1.00 e. The fourth-order valence-electron chi connectivity index (χ4n) is 0.451. The third-order valence-corrected chi connectivity index (χ3v) is 2.16. The van der Waals surface area contributed by atoms with Gasteiger partial charge in [-0.1, -0.05) is 13.5 Å². The summed E-state index contributed by atoms with van der Waals surface area (Å²) in [6.45, 7) is 4.75. The molecule has 0 aromatic carbocycles. The van der Waals surface area contributed by atoms with Crippen LogP contribution in [-0.2, 0) is 19.1 Å². The zero-order valence-corrected chi connectivity index (χ0v) is 10.1. The molecule has 0 amide bonds. The van der Waals surface area contributed by atoms with Gasteiger partial charge in [0, 0.05) is 6.08 Å². The fraction of sp³-hybridized carbons (Fsp3) is 0.500. The predicted molar refractivity (Wildman–Crippen MR) is 41.5 cm³/mol. The van der Waals surface area contributed by atoms with Crippen molar-refractivity contribution in [2.45, 2.75) is 13.3 Å². The Hall–Kier alpha value is 0.160. The first-order chi connectivity index (χ1) is 5.02. The molecule has 0 aliphatic carbocycles. The number of rotatable bonds is 4. The zero-order chi connectivity index (χ0) is 8.91. The molecular formula is C6H11NaO4S. The summed E-state index contributed by atoms with van der Waals surface area (Å²) in [6.07, 6.45) is 1.24. The maximum atomic E-state index is 10.7. The van der Waals surface area contributed by atoms with Gasteiger partial charge in [0.15, 0.2) is 0 Å². The molecule has 0 unspecified atom stereocenters. The second-order valence-corrected chi connectivity index (χ2v) is 3.56. The molecule has 0 rings (SSSR count). The first-order valence-corrected chi connectivity index (χ1v) is 4.68. The number of hydrogen-bond acceptors (Lipinski definition) is 4. The van der Waals surface area contributed by atoms with Gasteiger partial charge in [0.25, 0.3) is 0 Å². The predicted octanol–water partition coefficient (Wildman–Crippen LogP) is -2.43. The van der Waals surface area contributed by atoms with Crippen LogP contribution >= 0.6 is 0 Å². The molecule has 0 saturated heterocycles. The standard InChI is InChI=1S/C6H10O4S.Na.H/c1-3-5-11(8,9)10-6(7)4-2;;/h4H,2-3,5H2,1H3;;/q;+1;-1. The van der Waals surface area contributed by atoms with Crippen molar-refractivity contribution in [1.82, 2.24) is 0 Å². The van der Waals surface area contributed by atoms with Crippen molar-refractivity contribution in [3.05, 3.63) is 12.7 Å². The summed E-state index contributed by atoms with van der Waals surface area (Å²) in [7, 11) is -3.66. The maximum absolute atomic E-state index is 10.7. The van der Waals surface area contributed by atoms with Crippen LogP contribution in [-0.4, -0.2) is 20.1 Å². The van der Waals surface area contributed by atoms with Gasteiger partial charge in [-0.05, 0) is 6.42 Å². The van der Waals surface area contributed by atoms with Gasteiger partial charge in [0.2, 0.25) is 0 Å². The molecule has 0 aliphatic heterocycles. The van der Waals surface area contributed by atoms with E-state index in [1.54, 1.807) is 6.92 Å². The zero-order valence-electron chi connectivity index (χ0n) is 8.24. The Morgan fingerprint density at radius 2 is 2.17 bits per heavy atom. The van der Waals surface area contributed by atoms with Crippen molar-refractivity contribution in [3.8, 4) is 0 Å². The van der Waals surface area contributed by atoms with E-state index in [1.807, 2.05) is 0 Å². The minimum atomic E-state index is -3.66. The third kappa shape index (κ3) is 6.84. The molecular weight excluding hydrogens is 191 g/mol. The van der Waals surface area contributed by atoms with Crippen LogP contribution in [0, 0.1) is 0 Å². The summed E-state index contributed by atoms with van der Waals surface area (Å²) in [6, 6.07) is 0. The first kappa shape index (κ1) is 14.7. The molecule has 0 heterocycles. The quantitative estimate of drug-likeness (QED) is 0.289. The molecule has 6 heteroatoms. The second-order valence-electron chi connectivity index (χ2n) is 1.87. The van der Waals surface area contributed by atoms with Gasteiger partial charge in [0.05, 0.1) is 5.75 Å². The molecule has 66 valence electrons. The van der Waals surface area contributed by atoms with Crippen LogP contribution in [0.15, 0.2) is 12.7 Å². The summed E-state index contributed by atoms with van der Waals surface area (Å²) in [5, 5.41) is 0. The molecule has 0 spiro atoms. The fourth-order valence-corrected chi connectivity index (χ4v) is 1.35. The SMILES string of the molecule is C=CC(=O)OS(=O)(=O)CCC.[H-].[Na+]. The van der Waals surface area contributed by atoms with Gasteiger partial charge >= 0.3 is 45.6 Å². The van der Waals surface area contributed by atoms with Crippen LogP contribution in [0.5, 0.6) is 0 Å². The molecule has 0 aliphatic rings. The molecule has 0 aromatic heterocycles. The summed E-state index contributed by atoms with van der Waals surface area (Å²) < 4.78 is 25.5. The Kier molecular flexibility index (Phi) is 8.13. The van der Waals surface area contributed by atoms with Crippen LogP contribution in [0.3, 0.4) is 0 Å². The summed E-state index contributed by atoms with van der Waals surface area (Å²) in [5.74, 6) is -1.08. The van der Waals surface area contributed by atoms with E-state index in [4.69, 9.17) is 0 Å².